The number of nitrogens with one attached hydrogen (secondary N) is 1. The molecule has 0 aliphatic carbocycles. The van der Waals surface area contributed by atoms with E-state index in [0.29, 0.717) is 6.67 Å². The van der Waals surface area contributed by atoms with Crippen molar-refractivity contribution in [3.63, 3.8) is 0 Å². The molecule has 0 bridgehead atoms. The summed E-state index contributed by atoms with van der Waals surface area (Å²) in [5, 5.41) is 0. The number of hydrogen-bond donors (Lipinski definition) is 2. The molecule has 0 amide bonds. The predicted molar refractivity (Wildman–Crippen MR) is 19.2 cm³/mol. The molecule has 0 rings (SSSR count). The highest BCUT2D eigenvalue weighted by atomic mass is 16.6. The maximum absolute atomic E-state index is 4.90. The highest BCUT2D eigenvalue weighted by Crippen LogP contribution is 1.38. The zero-order valence-electron chi connectivity index (χ0n) is 3.19. The molecule has 0 aromatic heterocycles. The van der Waals surface area contributed by atoms with Crippen molar-refractivity contribution in [3.05, 3.63) is 0 Å². The lowest BCUT2D eigenvalue weighted by Crippen LogP contribution is -2.20. The summed E-state index contributed by atoms with van der Waals surface area (Å²) in [6.45, 7) is 0.372. The Hall–Kier alpha value is -0.120. The van der Waals surface area contributed by atoms with Gasteiger partial charge in [0.05, 0.1) is 13.8 Å². The molecule has 3 nitrogen and oxygen atoms in total. The van der Waals surface area contributed by atoms with Crippen LogP contribution >= 0.6 is 0 Å². The van der Waals surface area contributed by atoms with Crippen LogP contribution in [-0.2, 0) is 4.84 Å². The Balaban J connectivity index is 2.19. The van der Waals surface area contributed by atoms with E-state index < -0.39 is 0 Å². The zero-order chi connectivity index (χ0) is 4.12. The molecule has 0 saturated heterocycles. The van der Waals surface area contributed by atoms with Crippen LogP contribution in [-0.4, -0.2) is 13.8 Å². The zero-order valence-corrected chi connectivity index (χ0v) is 3.19. The SMILES string of the molecule is CONCN. The number of hydrogen-bond acceptors (Lipinski definition) is 3. The maximum atomic E-state index is 4.90. The first kappa shape index (κ1) is 4.88. The Morgan fingerprint density at radius 1 is 2.00 bits per heavy atom. The average molecular weight is 76.1 g/mol. The summed E-state index contributed by atoms with van der Waals surface area (Å²) in [5.74, 6) is 0. The Kier molecular flexibility index (Phi) is 3.79. The summed E-state index contributed by atoms with van der Waals surface area (Å²) in [6.07, 6.45) is 0. The van der Waals surface area contributed by atoms with Gasteiger partial charge in [0.1, 0.15) is 0 Å². The van der Waals surface area contributed by atoms with Crippen LogP contribution in [0.1, 0.15) is 0 Å². The van der Waals surface area contributed by atoms with Gasteiger partial charge in [-0.2, -0.15) is 5.48 Å². The van der Waals surface area contributed by atoms with Crippen molar-refractivity contribution in [1.29, 1.82) is 0 Å². The molecule has 0 aliphatic heterocycles. The molecular formula is C2H8N2O. The van der Waals surface area contributed by atoms with Crippen LogP contribution < -0.4 is 11.2 Å². The van der Waals surface area contributed by atoms with E-state index in [1.54, 1.807) is 0 Å². The fraction of sp³-hybridized carbons (Fsp3) is 1.00. The minimum atomic E-state index is 0.372. The van der Waals surface area contributed by atoms with E-state index in [0.717, 1.165) is 0 Å². The second-order valence-electron chi connectivity index (χ2n) is 0.553. The van der Waals surface area contributed by atoms with E-state index >= 15 is 0 Å². The predicted octanol–water partition coefficient (Wildman–Crippen LogP) is -0.946. The van der Waals surface area contributed by atoms with Crippen molar-refractivity contribution in [2.24, 2.45) is 5.73 Å². The van der Waals surface area contributed by atoms with Gasteiger partial charge in [-0.3, -0.25) is 0 Å². The molecule has 0 radical (unpaired) electrons. The highest BCUT2D eigenvalue weighted by Gasteiger charge is 1.60. The van der Waals surface area contributed by atoms with Crippen LogP contribution in [0.3, 0.4) is 0 Å². The van der Waals surface area contributed by atoms with Crippen molar-refractivity contribution in [2.45, 2.75) is 0 Å². The summed E-state index contributed by atoms with van der Waals surface area (Å²) in [4.78, 5) is 4.32. The smallest absolute Gasteiger partial charge is 0.0675 e. The van der Waals surface area contributed by atoms with Crippen molar-refractivity contribution in [2.75, 3.05) is 13.8 Å². The largest absolute Gasteiger partial charge is 0.317 e. The Morgan fingerprint density at radius 2 is 2.60 bits per heavy atom. The lowest BCUT2D eigenvalue weighted by atomic mass is 11.2. The third-order valence-electron chi connectivity index (χ3n) is 0.228. The lowest BCUT2D eigenvalue weighted by Gasteiger charge is -1.89. The van der Waals surface area contributed by atoms with Crippen LogP contribution in [0.15, 0.2) is 0 Å². The molecule has 0 heterocycles. The summed E-state index contributed by atoms with van der Waals surface area (Å²) in [6, 6.07) is 0. The second-order valence-corrected chi connectivity index (χ2v) is 0.553. The molecule has 5 heavy (non-hydrogen) atoms. The van der Waals surface area contributed by atoms with Gasteiger partial charge < -0.3 is 10.6 Å². The second kappa shape index (κ2) is 3.88. The standard InChI is InChI=1S/C2H8N2O/c1-5-4-2-3/h4H,2-3H2,1H3. The molecule has 32 valence electrons. The summed E-state index contributed by atoms with van der Waals surface area (Å²) in [7, 11) is 1.52. The molecule has 0 unspecified atom stereocenters. The van der Waals surface area contributed by atoms with Gasteiger partial charge in [0.2, 0.25) is 0 Å². The summed E-state index contributed by atoms with van der Waals surface area (Å²) in [5.41, 5.74) is 7.29. The fourth-order valence-corrected chi connectivity index (χ4v) is 0.0833. The van der Waals surface area contributed by atoms with E-state index in [2.05, 4.69) is 10.3 Å². The van der Waals surface area contributed by atoms with Crippen LogP contribution in [0.5, 0.6) is 0 Å². The van der Waals surface area contributed by atoms with E-state index in [1.807, 2.05) is 0 Å². The van der Waals surface area contributed by atoms with Gasteiger partial charge in [0, 0.05) is 0 Å². The molecule has 3 N–H and O–H groups in total. The van der Waals surface area contributed by atoms with Gasteiger partial charge in [0.25, 0.3) is 0 Å². The van der Waals surface area contributed by atoms with E-state index in [9.17, 15) is 0 Å². The highest BCUT2D eigenvalue weighted by molar-refractivity contribution is 4.03. The Labute approximate surface area is 31.1 Å². The lowest BCUT2D eigenvalue weighted by molar-refractivity contribution is 0.0940. The van der Waals surface area contributed by atoms with Gasteiger partial charge in [-0.15, -0.1) is 0 Å². The minimum Gasteiger partial charge on any atom is -0.317 e. The third kappa shape index (κ3) is 3.88. The van der Waals surface area contributed by atoms with Gasteiger partial charge >= 0.3 is 0 Å². The van der Waals surface area contributed by atoms with Gasteiger partial charge in [-0.05, 0) is 0 Å². The Morgan fingerprint density at radius 3 is 2.60 bits per heavy atom. The van der Waals surface area contributed by atoms with Crippen LogP contribution in [0, 0.1) is 0 Å². The normalized spacial score (nSPS) is 8.40. The number of hydroxylamine groups is 1. The Bertz CT molecular complexity index is 15.1. The maximum Gasteiger partial charge on any atom is 0.0675 e. The molecular weight excluding hydrogens is 68.0 g/mol. The number of rotatable bonds is 2. The first-order valence-corrected chi connectivity index (χ1v) is 1.37. The molecule has 0 saturated carbocycles. The van der Waals surface area contributed by atoms with Crippen molar-refractivity contribution >= 4 is 0 Å². The molecule has 0 fully saturated rings. The first-order valence-electron chi connectivity index (χ1n) is 1.37. The molecule has 3 heteroatoms. The quantitative estimate of drug-likeness (QED) is 0.329. The first-order chi connectivity index (χ1) is 2.41. The summed E-state index contributed by atoms with van der Waals surface area (Å²) >= 11 is 0. The van der Waals surface area contributed by atoms with Crippen molar-refractivity contribution in [3.8, 4) is 0 Å². The van der Waals surface area contributed by atoms with E-state index in [4.69, 9.17) is 5.73 Å². The molecule has 0 aliphatic rings. The average Bonchev–Trinajstić information content (AvgIpc) is 1.41. The summed E-state index contributed by atoms with van der Waals surface area (Å²) < 4.78 is 0. The van der Waals surface area contributed by atoms with Crippen LogP contribution in [0.2, 0.25) is 0 Å². The van der Waals surface area contributed by atoms with E-state index in [-0.39, 0.29) is 0 Å². The van der Waals surface area contributed by atoms with Crippen LogP contribution in [0.4, 0.5) is 0 Å². The van der Waals surface area contributed by atoms with Crippen molar-refractivity contribution < 1.29 is 4.84 Å². The minimum absolute atomic E-state index is 0.372. The molecule has 0 aromatic rings. The topological polar surface area (TPSA) is 47.3 Å². The van der Waals surface area contributed by atoms with Gasteiger partial charge in [-0.1, -0.05) is 0 Å². The van der Waals surface area contributed by atoms with Gasteiger partial charge in [0.15, 0.2) is 0 Å². The number of nitrogens with two attached hydrogens (primary N) is 1. The third-order valence-corrected chi connectivity index (χ3v) is 0.228. The van der Waals surface area contributed by atoms with E-state index in [1.165, 1.54) is 7.11 Å². The van der Waals surface area contributed by atoms with Crippen molar-refractivity contribution in [1.82, 2.24) is 5.48 Å². The molecule has 0 spiro atoms. The fourth-order valence-electron chi connectivity index (χ4n) is 0.0833. The monoisotopic (exact) mass is 76.1 g/mol. The molecule has 0 atom stereocenters. The molecule has 0 aromatic carbocycles. The van der Waals surface area contributed by atoms with Gasteiger partial charge in [-0.25, -0.2) is 0 Å². The van der Waals surface area contributed by atoms with Crippen LogP contribution in [0.25, 0.3) is 0 Å².